The van der Waals surface area contributed by atoms with Crippen molar-refractivity contribution in [3.05, 3.63) is 65.4 Å². The topological polar surface area (TPSA) is 106 Å². The van der Waals surface area contributed by atoms with E-state index in [0.717, 1.165) is 5.69 Å². The summed E-state index contributed by atoms with van der Waals surface area (Å²) in [6, 6.07) is 9.08. The monoisotopic (exact) mass is 394 g/mol. The van der Waals surface area contributed by atoms with Gasteiger partial charge in [0, 0.05) is 17.8 Å². The smallest absolute Gasteiger partial charge is 0.322 e. The molecule has 0 unspecified atom stereocenters. The Kier molecular flexibility index (Phi) is 4.71. The van der Waals surface area contributed by atoms with Crippen LogP contribution >= 0.6 is 0 Å². The third-order valence-electron chi connectivity index (χ3n) is 4.77. The predicted molar refractivity (Wildman–Crippen MR) is 105 cm³/mol. The average molecular weight is 394 g/mol. The van der Waals surface area contributed by atoms with Gasteiger partial charge in [-0.3, -0.25) is 14.5 Å². The Morgan fingerprint density at radius 1 is 1.21 bits per heavy atom. The maximum absolute atomic E-state index is 13.7. The molecule has 3 amide bonds. The maximum atomic E-state index is 13.7. The first-order valence-corrected chi connectivity index (χ1v) is 9.06. The first-order chi connectivity index (χ1) is 13.9. The summed E-state index contributed by atoms with van der Waals surface area (Å²) in [6.45, 7) is 2.82. The van der Waals surface area contributed by atoms with Crippen LogP contribution in [0.25, 0.3) is 11.3 Å². The Bertz CT molecular complexity index is 1090. The van der Waals surface area contributed by atoms with Crippen molar-refractivity contribution in [2.24, 2.45) is 5.73 Å². The van der Waals surface area contributed by atoms with E-state index in [0.29, 0.717) is 35.7 Å². The second-order valence-corrected chi connectivity index (χ2v) is 6.81. The van der Waals surface area contributed by atoms with Gasteiger partial charge in [-0.15, -0.1) is 0 Å². The molecular formula is C20H19FN6O2. The van der Waals surface area contributed by atoms with Gasteiger partial charge >= 0.3 is 6.03 Å². The van der Waals surface area contributed by atoms with Gasteiger partial charge < -0.3 is 16.0 Å². The molecule has 8 nitrogen and oxygen atoms in total. The maximum Gasteiger partial charge on any atom is 0.322 e. The highest BCUT2D eigenvalue weighted by molar-refractivity contribution is 6.00. The molecule has 3 aromatic rings. The summed E-state index contributed by atoms with van der Waals surface area (Å²) in [5.74, 6) is -1.10. The number of primary amides is 1. The van der Waals surface area contributed by atoms with Crippen molar-refractivity contribution in [2.75, 3.05) is 11.9 Å². The fraction of sp³-hybridized carbons (Fsp3) is 0.200. The number of benzene rings is 1. The van der Waals surface area contributed by atoms with E-state index < -0.39 is 11.7 Å². The van der Waals surface area contributed by atoms with E-state index in [1.807, 2.05) is 6.92 Å². The molecule has 1 aliphatic rings. The summed E-state index contributed by atoms with van der Waals surface area (Å²) >= 11 is 0. The molecule has 0 spiro atoms. The fourth-order valence-electron chi connectivity index (χ4n) is 3.33. The number of fused-ring (bicyclic) bond motifs is 1. The summed E-state index contributed by atoms with van der Waals surface area (Å²) in [5, 5.41) is 7.24. The Morgan fingerprint density at radius 3 is 2.72 bits per heavy atom. The largest absolute Gasteiger partial charge is 0.365 e. The van der Waals surface area contributed by atoms with Crippen LogP contribution in [0.1, 0.15) is 21.7 Å². The molecule has 1 aromatic carbocycles. The number of anilines is 1. The fourth-order valence-corrected chi connectivity index (χ4v) is 3.33. The highest BCUT2D eigenvalue weighted by Crippen LogP contribution is 2.28. The molecule has 0 saturated carbocycles. The van der Waals surface area contributed by atoms with Gasteiger partial charge in [-0.2, -0.15) is 5.10 Å². The number of hydrogen-bond acceptors (Lipinski definition) is 4. The van der Waals surface area contributed by atoms with Crippen molar-refractivity contribution >= 4 is 17.6 Å². The summed E-state index contributed by atoms with van der Waals surface area (Å²) in [5.41, 5.74) is 8.54. The lowest BCUT2D eigenvalue weighted by Crippen LogP contribution is -2.41. The van der Waals surface area contributed by atoms with Crippen molar-refractivity contribution < 1.29 is 14.0 Å². The molecular weight excluding hydrogens is 375 g/mol. The summed E-state index contributed by atoms with van der Waals surface area (Å²) in [6.07, 6.45) is 1.58. The number of carbonyl (C=O) groups excluding carboxylic acids is 2. The van der Waals surface area contributed by atoms with Gasteiger partial charge in [0.05, 0.1) is 36.2 Å². The first kappa shape index (κ1) is 18.6. The number of carbonyl (C=O) groups is 2. The van der Waals surface area contributed by atoms with Gasteiger partial charge in [0.2, 0.25) is 0 Å². The van der Waals surface area contributed by atoms with Crippen LogP contribution in [0.3, 0.4) is 0 Å². The van der Waals surface area contributed by atoms with Crippen molar-refractivity contribution in [1.82, 2.24) is 19.7 Å². The zero-order valence-corrected chi connectivity index (χ0v) is 15.7. The molecule has 148 valence electrons. The zero-order chi connectivity index (χ0) is 20.5. The number of urea groups is 1. The van der Waals surface area contributed by atoms with E-state index in [2.05, 4.69) is 15.4 Å². The summed E-state index contributed by atoms with van der Waals surface area (Å²) in [4.78, 5) is 30.5. The van der Waals surface area contributed by atoms with Crippen LogP contribution in [-0.4, -0.2) is 38.1 Å². The lowest BCUT2D eigenvalue weighted by atomic mass is 10.0. The molecule has 3 N–H and O–H groups in total. The Morgan fingerprint density at radius 2 is 2.03 bits per heavy atom. The van der Waals surface area contributed by atoms with Gasteiger partial charge in [-0.05, 0) is 31.2 Å². The van der Waals surface area contributed by atoms with Gasteiger partial charge in [0.1, 0.15) is 11.5 Å². The third-order valence-corrected chi connectivity index (χ3v) is 4.77. The van der Waals surface area contributed by atoms with E-state index in [9.17, 15) is 14.0 Å². The second-order valence-electron chi connectivity index (χ2n) is 6.81. The number of nitrogens with one attached hydrogen (secondary N) is 1. The Labute approximate surface area is 166 Å². The van der Waals surface area contributed by atoms with Gasteiger partial charge in [-0.1, -0.05) is 12.1 Å². The number of rotatable bonds is 3. The van der Waals surface area contributed by atoms with Crippen molar-refractivity contribution in [2.45, 2.75) is 20.0 Å². The normalized spacial score (nSPS) is 13.1. The van der Waals surface area contributed by atoms with Crippen LogP contribution in [0.5, 0.6) is 0 Å². The lowest BCUT2D eigenvalue weighted by Gasteiger charge is -2.28. The Hall–Kier alpha value is -3.75. The van der Waals surface area contributed by atoms with Crippen LogP contribution in [0.15, 0.2) is 42.6 Å². The van der Waals surface area contributed by atoms with Crippen LogP contribution in [0.4, 0.5) is 14.9 Å². The molecule has 0 atom stereocenters. The minimum atomic E-state index is -0.671. The van der Waals surface area contributed by atoms with Gasteiger partial charge in [0.25, 0.3) is 5.91 Å². The molecule has 0 fully saturated rings. The van der Waals surface area contributed by atoms with E-state index >= 15 is 0 Å². The third kappa shape index (κ3) is 3.66. The lowest BCUT2D eigenvalue weighted by molar-refractivity contribution is 0.0997. The minimum absolute atomic E-state index is 0.158. The Balaban J connectivity index is 1.62. The molecule has 3 heterocycles. The van der Waals surface area contributed by atoms with Crippen LogP contribution < -0.4 is 11.1 Å². The molecule has 0 aliphatic carbocycles. The molecule has 9 heteroatoms. The van der Waals surface area contributed by atoms with Crippen LogP contribution in [-0.2, 0) is 13.1 Å². The average Bonchev–Trinajstić information content (AvgIpc) is 3.08. The van der Waals surface area contributed by atoms with E-state index in [4.69, 9.17) is 5.73 Å². The van der Waals surface area contributed by atoms with E-state index in [-0.39, 0.29) is 18.1 Å². The number of amides is 3. The number of pyridine rings is 1. The number of nitrogens with zero attached hydrogens (tertiary/aromatic N) is 4. The molecule has 0 bridgehead atoms. The number of aryl methyl sites for hydroxylation is 1. The number of nitrogens with two attached hydrogens (primary N) is 1. The van der Waals surface area contributed by atoms with Crippen LogP contribution in [0.2, 0.25) is 0 Å². The number of hydrogen-bond donors (Lipinski definition) is 2. The van der Waals surface area contributed by atoms with E-state index in [1.54, 1.807) is 40.0 Å². The summed E-state index contributed by atoms with van der Waals surface area (Å²) < 4.78 is 15.3. The molecule has 2 aromatic heterocycles. The standard InChI is InChI=1S/C20H19FN6O2/c1-12-5-6-15(10-23-12)24-20(29)26-7-8-27-16(11-26)17(19(22)28)18(25-27)13-3-2-4-14(21)9-13/h2-6,9-10H,7-8,11H2,1H3,(H2,22,28)(H,24,29). The minimum Gasteiger partial charge on any atom is -0.365 e. The van der Waals surface area contributed by atoms with E-state index in [1.165, 1.54) is 12.1 Å². The van der Waals surface area contributed by atoms with Crippen molar-refractivity contribution in [3.8, 4) is 11.3 Å². The number of halogens is 1. The van der Waals surface area contributed by atoms with Crippen molar-refractivity contribution in [3.63, 3.8) is 0 Å². The highest BCUT2D eigenvalue weighted by Gasteiger charge is 2.29. The number of aromatic nitrogens is 3. The molecule has 1 aliphatic heterocycles. The van der Waals surface area contributed by atoms with Crippen molar-refractivity contribution in [1.29, 1.82) is 0 Å². The first-order valence-electron chi connectivity index (χ1n) is 9.06. The predicted octanol–water partition coefficient (Wildman–Crippen LogP) is 2.54. The molecule has 4 rings (SSSR count). The SMILES string of the molecule is Cc1ccc(NC(=O)N2CCn3nc(-c4cccc(F)c4)c(C(N)=O)c3C2)cn1. The van der Waals surface area contributed by atoms with Crippen LogP contribution in [0, 0.1) is 12.7 Å². The highest BCUT2D eigenvalue weighted by atomic mass is 19.1. The van der Waals surface area contributed by atoms with Gasteiger partial charge in [-0.25, -0.2) is 9.18 Å². The second kappa shape index (κ2) is 7.34. The molecule has 29 heavy (non-hydrogen) atoms. The molecule has 0 saturated heterocycles. The quantitative estimate of drug-likeness (QED) is 0.712. The summed E-state index contributed by atoms with van der Waals surface area (Å²) in [7, 11) is 0. The van der Waals surface area contributed by atoms with Gasteiger partial charge in [0.15, 0.2) is 0 Å². The zero-order valence-electron chi connectivity index (χ0n) is 15.7. The molecule has 0 radical (unpaired) electrons.